The lowest BCUT2D eigenvalue weighted by molar-refractivity contribution is 0.0207. The predicted octanol–water partition coefficient (Wildman–Crippen LogP) is -0.533. The van der Waals surface area contributed by atoms with Crippen molar-refractivity contribution in [2.75, 3.05) is 25.0 Å². The summed E-state index contributed by atoms with van der Waals surface area (Å²) in [5.41, 5.74) is 1.000. The van der Waals surface area contributed by atoms with Gasteiger partial charge in [0.1, 0.15) is 12.1 Å². The maximum Gasteiger partial charge on any atom is 0.276 e. The number of anilines is 1. The van der Waals surface area contributed by atoms with E-state index in [9.17, 15) is 8.42 Å². The van der Waals surface area contributed by atoms with E-state index in [1.165, 1.54) is 4.31 Å². The van der Waals surface area contributed by atoms with Crippen LogP contribution in [0.15, 0.2) is 12.5 Å². The van der Waals surface area contributed by atoms with E-state index in [0.717, 1.165) is 42.8 Å². The van der Waals surface area contributed by atoms with Crippen molar-refractivity contribution in [1.82, 2.24) is 24.1 Å². The van der Waals surface area contributed by atoms with E-state index in [0.29, 0.717) is 0 Å². The molecule has 2 aromatic rings. The zero-order chi connectivity index (χ0) is 16.4. The van der Waals surface area contributed by atoms with E-state index in [-0.39, 0.29) is 11.5 Å². The Bertz CT molecular complexity index is 864. The van der Waals surface area contributed by atoms with E-state index in [2.05, 4.69) is 20.0 Å². The van der Waals surface area contributed by atoms with E-state index in [1.807, 2.05) is 7.05 Å². The fourth-order valence-corrected chi connectivity index (χ4v) is 4.34. The largest absolute Gasteiger partial charge is 0.355 e. The second-order valence-corrected chi connectivity index (χ2v) is 8.29. The number of rotatable bonds is 3. The molecule has 124 valence electrons. The van der Waals surface area contributed by atoms with Crippen LogP contribution in [0, 0.1) is 5.41 Å². The van der Waals surface area contributed by atoms with Gasteiger partial charge in [-0.1, -0.05) is 0 Å². The van der Waals surface area contributed by atoms with Crippen molar-refractivity contribution in [3.05, 3.63) is 12.5 Å². The number of fused-ring (bicyclic) bond motifs is 1. The Morgan fingerprint density at radius 3 is 2.70 bits per heavy atom. The second-order valence-electron chi connectivity index (χ2n) is 6.68. The predicted molar refractivity (Wildman–Crippen MR) is 84.8 cm³/mol. The lowest BCUT2D eigenvalue weighted by atomic mass is 9.60. The Morgan fingerprint density at radius 2 is 2.04 bits per heavy atom. The van der Waals surface area contributed by atoms with Crippen LogP contribution >= 0.6 is 0 Å². The first-order valence-corrected chi connectivity index (χ1v) is 8.93. The molecule has 2 aromatic heterocycles. The first-order valence-electron chi connectivity index (χ1n) is 7.43. The van der Waals surface area contributed by atoms with Gasteiger partial charge in [0.2, 0.25) is 0 Å². The molecular weight excluding hydrogens is 318 g/mol. The normalized spacial score (nSPS) is 21.0. The molecule has 0 unspecified atom stereocenters. The highest BCUT2D eigenvalue weighted by Crippen LogP contribution is 2.51. The number of aryl methyl sites for hydroxylation is 1. The van der Waals surface area contributed by atoms with Gasteiger partial charge < -0.3 is 4.90 Å². The van der Waals surface area contributed by atoms with Crippen molar-refractivity contribution < 1.29 is 8.42 Å². The molecule has 23 heavy (non-hydrogen) atoms. The smallest absolute Gasteiger partial charge is 0.276 e. The second kappa shape index (κ2) is 4.62. The third-order valence-electron chi connectivity index (χ3n) is 5.11. The van der Waals surface area contributed by atoms with Crippen LogP contribution in [-0.2, 0) is 17.3 Å². The number of nitrogens with zero attached hydrogens (tertiary/aromatic N) is 6. The molecule has 0 aromatic carbocycles. The first-order chi connectivity index (χ1) is 10.8. The van der Waals surface area contributed by atoms with Crippen molar-refractivity contribution in [1.29, 1.82) is 0 Å². The molecule has 1 saturated heterocycles. The average Bonchev–Trinajstić information content (AvgIpc) is 2.77. The molecular formula is C13H19N7O2S. The van der Waals surface area contributed by atoms with Gasteiger partial charge in [-0.25, -0.2) is 15.1 Å². The van der Waals surface area contributed by atoms with Crippen LogP contribution in [0.25, 0.3) is 11.0 Å². The summed E-state index contributed by atoms with van der Waals surface area (Å²) < 4.78 is 25.8. The van der Waals surface area contributed by atoms with Gasteiger partial charge in [-0.2, -0.15) is 17.8 Å². The van der Waals surface area contributed by atoms with Gasteiger partial charge in [0, 0.05) is 38.6 Å². The minimum Gasteiger partial charge on any atom is -0.355 e. The maximum atomic E-state index is 11.4. The van der Waals surface area contributed by atoms with Crippen LogP contribution in [-0.4, -0.2) is 58.7 Å². The van der Waals surface area contributed by atoms with Crippen LogP contribution in [0.1, 0.15) is 12.8 Å². The fraction of sp³-hybridized carbons (Fsp3) is 0.615. The summed E-state index contributed by atoms with van der Waals surface area (Å²) in [5.74, 6) is 0.900. The van der Waals surface area contributed by atoms with Crippen molar-refractivity contribution in [3.63, 3.8) is 0 Å². The molecule has 0 radical (unpaired) electrons. The topological polar surface area (TPSA) is 110 Å². The molecule has 1 saturated carbocycles. The number of nitrogens with two attached hydrogens (primary N) is 1. The Kier molecular flexibility index (Phi) is 2.97. The number of aromatic nitrogens is 4. The summed E-state index contributed by atoms with van der Waals surface area (Å²) in [4.78, 5) is 10.9. The molecule has 0 amide bonds. The van der Waals surface area contributed by atoms with E-state index < -0.39 is 10.2 Å². The standard InChI is InChI=1S/C13H19N7O2S/c1-18-11-10(5-17-18)12(16-8-15-11)20-6-13(7-20)3-9(4-13)19(2)23(14,21)22/h5,8-9H,3-4,6-7H2,1-2H3,(H2,14,21,22). The molecule has 2 aliphatic rings. The van der Waals surface area contributed by atoms with Gasteiger partial charge in [0.15, 0.2) is 5.65 Å². The zero-order valence-corrected chi connectivity index (χ0v) is 13.9. The van der Waals surface area contributed by atoms with Gasteiger partial charge in [-0.3, -0.25) is 4.68 Å². The van der Waals surface area contributed by atoms with Gasteiger partial charge in [-0.15, -0.1) is 0 Å². The Morgan fingerprint density at radius 1 is 1.35 bits per heavy atom. The highest BCUT2D eigenvalue weighted by atomic mass is 32.2. The third-order valence-corrected chi connectivity index (χ3v) is 6.21. The van der Waals surface area contributed by atoms with E-state index >= 15 is 0 Å². The Hall–Kier alpha value is -1.78. The highest BCUT2D eigenvalue weighted by molar-refractivity contribution is 7.86. The van der Waals surface area contributed by atoms with Crippen LogP contribution in [0.2, 0.25) is 0 Å². The van der Waals surface area contributed by atoms with Crippen molar-refractivity contribution >= 4 is 27.1 Å². The summed E-state index contributed by atoms with van der Waals surface area (Å²) >= 11 is 0. The number of hydrogen-bond donors (Lipinski definition) is 1. The van der Waals surface area contributed by atoms with Crippen LogP contribution in [0.5, 0.6) is 0 Å². The van der Waals surface area contributed by atoms with Crippen molar-refractivity contribution in [2.24, 2.45) is 17.6 Å². The Labute approximate surface area is 134 Å². The molecule has 1 aliphatic carbocycles. The molecule has 2 fully saturated rings. The van der Waals surface area contributed by atoms with Crippen molar-refractivity contribution in [3.8, 4) is 0 Å². The zero-order valence-electron chi connectivity index (χ0n) is 13.0. The monoisotopic (exact) mass is 337 g/mol. The molecule has 4 rings (SSSR count). The van der Waals surface area contributed by atoms with E-state index in [4.69, 9.17) is 5.14 Å². The summed E-state index contributed by atoms with van der Waals surface area (Å²) in [6.07, 6.45) is 5.03. The summed E-state index contributed by atoms with van der Waals surface area (Å²) in [6, 6.07) is 0.0101. The minimum absolute atomic E-state index is 0.0101. The summed E-state index contributed by atoms with van der Waals surface area (Å²) in [6.45, 7) is 1.76. The molecule has 0 bridgehead atoms. The highest BCUT2D eigenvalue weighted by Gasteiger charge is 2.55. The number of hydrogen-bond acceptors (Lipinski definition) is 6. The SMILES string of the molecule is CN(C1CC2(C1)CN(c1ncnc3c1cnn3C)C2)S(N)(=O)=O. The summed E-state index contributed by atoms with van der Waals surface area (Å²) in [5, 5.41) is 10.4. The van der Waals surface area contributed by atoms with Crippen LogP contribution < -0.4 is 10.0 Å². The van der Waals surface area contributed by atoms with Crippen LogP contribution in [0.3, 0.4) is 0 Å². The molecule has 1 spiro atoms. The van der Waals surface area contributed by atoms with Gasteiger partial charge >= 0.3 is 0 Å². The Balaban J connectivity index is 1.47. The fourth-order valence-electron chi connectivity index (χ4n) is 3.78. The van der Waals surface area contributed by atoms with Gasteiger partial charge in [0.25, 0.3) is 10.2 Å². The molecule has 1 aliphatic heterocycles. The molecule has 0 atom stereocenters. The molecule has 10 heteroatoms. The van der Waals surface area contributed by atoms with Gasteiger partial charge in [-0.05, 0) is 12.8 Å². The lowest BCUT2D eigenvalue weighted by Crippen LogP contribution is -2.67. The quantitative estimate of drug-likeness (QED) is 0.806. The maximum absolute atomic E-state index is 11.4. The van der Waals surface area contributed by atoms with Crippen molar-refractivity contribution in [2.45, 2.75) is 18.9 Å². The molecule has 2 N–H and O–H groups in total. The minimum atomic E-state index is -3.60. The summed E-state index contributed by atoms with van der Waals surface area (Å²) in [7, 11) is -0.195. The van der Waals surface area contributed by atoms with E-state index in [1.54, 1.807) is 24.3 Å². The third kappa shape index (κ3) is 2.20. The molecule has 3 heterocycles. The first kappa shape index (κ1) is 14.8. The van der Waals surface area contributed by atoms with Crippen LogP contribution in [0.4, 0.5) is 5.82 Å². The van der Waals surface area contributed by atoms with Gasteiger partial charge in [0.05, 0.1) is 11.6 Å². The lowest BCUT2D eigenvalue weighted by Gasteiger charge is -2.60. The molecule has 9 nitrogen and oxygen atoms in total. The average molecular weight is 337 g/mol.